The molecule has 4 nitrogen and oxygen atoms in total. The average molecular weight is 491 g/mol. The summed E-state index contributed by atoms with van der Waals surface area (Å²) < 4.78 is 11.4. The van der Waals surface area contributed by atoms with Crippen LogP contribution in [-0.4, -0.2) is 28.7 Å². The molecule has 0 radical (unpaired) electrons. The van der Waals surface area contributed by atoms with E-state index >= 15 is 0 Å². The number of benzene rings is 2. The molecule has 3 aromatic rings. The molecule has 0 bridgehead atoms. The number of likely N-dealkylation sites (tertiary alicyclic amines) is 1. The van der Waals surface area contributed by atoms with Gasteiger partial charge in [0.05, 0.1) is 21.5 Å². The van der Waals surface area contributed by atoms with Crippen molar-refractivity contribution in [1.82, 2.24) is 9.27 Å². The Morgan fingerprint density at radius 1 is 1.17 bits per heavy atom. The molecule has 0 amide bonds. The lowest BCUT2D eigenvalue weighted by atomic mass is 10.1. The molecule has 1 aromatic heterocycles. The molecule has 1 aliphatic rings. The molecule has 1 fully saturated rings. The number of piperidine rings is 1. The van der Waals surface area contributed by atoms with E-state index < -0.39 is 0 Å². The van der Waals surface area contributed by atoms with Gasteiger partial charge in [0.2, 0.25) is 5.06 Å². The predicted molar refractivity (Wildman–Crippen MR) is 125 cm³/mol. The van der Waals surface area contributed by atoms with Crippen LogP contribution in [0.15, 0.2) is 51.9 Å². The van der Waals surface area contributed by atoms with Gasteiger partial charge in [0.25, 0.3) is 0 Å². The first kappa shape index (κ1) is 20.4. The SMILES string of the molecule is Cc1cc(Oc2snc(-c3ccccc3)c2Br)c(Cl)cc1/N=C/N1CCCCC1. The van der Waals surface area contributed by atoms with Crippen molar-refractivity contribution in [3.05, 3.63) is 57.5 Å². The summed E-state index contributed by atoms with van der Waals surface area (Å²) in [6.07, 6.45) is 5.70. The van der Waals surface area contributed by atoms with E-state index in [2.05, 4.69) is 30.2 Å². The minimum atomic E-state index is 0.531. The van der Waals surface area contributed by atoms with Crippen molar-refractivity contribution in [2.24, 2.45) is 4.99 Å². The fourth-order valence-corrected chi connectivity index (χ4v) is 4.85. The van der Waals surface area contributed by atoms with Crippen molar-refractivity contribution >= 4 is 51.1 Å². The van der Waals surface area contributed by atoms with Gasteiger partial charge in [-0.05, 0) is 59.8 Å². The first-order chi connectivity index (χ1) is 14.1. The van der Waals surface area contributed by atoms with Crippen molar-refractivity contribution in [2.45, 2.75) is 26.2 Å². The second-order valence-electron chi connectivity index (χ2n) is 7.01. The van der Waals surface area contributed by atoms with Crippen molar-refractivity contribution < 1.29 is 4.74 Å². The average Bonchev–Trinajstić information content (AvgIpc) is 3.11. The summed E-state index contributed by atoms with van der Waals surface area (Å²) in [6.45, 7) is 4.16. The standard InChI is InChI=1S/C22H21BrClN3OS/c1-15-12-19(17(24)13-18(15)25-14-27-10-6-3-7-11-27)28-22-20(23)21(26-29-22)16-8-4-2-5-9-16/h2,4-5,8-9,12-14H,3,6-7,10-11H2,1H3/b25-14+. The monoisotopic (exact) mass is 489 g/mol. The molecule has 150 valence electrons. The predicted octanol–water partition coefficient (Wildman–Crippen LogP) is 7.47. The van der Waals surface area contributed by atoms with Gasteiger partial charge in [0.1, 0.15) is 11.4 Å². The number of aryl methyl sites for hydroxylation is 1. The molecule has 0 saturated carbocycles. The zero-order chi connectivity index (χ0) is 20.2. The normalized spacial score (nSPS) is 14.5. The molecule has 0 N–H and O–H groups in total. The molecule has 0 atom stereocenters. The van der Waals surface area contributed by atoms with Crippen molar-refractivity contribution in [2.75, 3.05) is 13.1 Å². The summed E-state index contributed by atoms with van der Waals surface area (Å²) >= 11 is 11.4. The molecule has 0 unspecified atom stereocenters. The van der Waals surface area contributed by atoms with Gasteiger partial charge in [0.15, 0.2) is 0 Å². The zero-order valence-electron chi connectivity index (χ0n) is 16.1. The minimum absolute atomic E-state index is 0.531. The minimum Gasteiger partial charge on any atom is -0.442 e. The van der Waals surface area contributed by atoms with E-state index in [0.29, 0.717) is 15.8 Å². The quantitative estimate of drug-likeness (QED) is 0.275. The number of halogens is 2. The first-order valence-corrected chi connectivity index (χ1v) is 11.5. The second-order valence-corrected chi connectivity index (χ2v) is 8.95. The van der Waals surface area contributed by atoms with Crippen LogP contribution < -0.4 is 4.74 Å². The van der Waals surface area contributed by atoms with E-state index in [0.717, 1.165) is 40.1 Å². The maximum atomic E-state index is 6.51. The van der Waals surface area contributed by atoms with Gasteiger partial charge in [-0.15, -0.1) is 0 Å². The number of rotatable bonds is 5. The van der Waals surface area contributed by atoms with Crippen LogP contribution in [0.3, 0.4) is 0 Å². The third kappa shape index (κ3) is 4.82. The Kier molecular flexibility index (Phi) is 6.53. The van der Waals surface area contributed by atoms with E-state index in [-0.39, 0.29) is 0 Å². The van der Waals surface area contributed by atoms with E-state index in [1.165, 1.54) is 30.8 Å². The number of aliphatic imine (C=N–C) groups is 1. The van der Waals surface area contributed by atoms with Gasteiger partial charge in [-0.2, -0.15) is 4.37 Å². The largest absolute Gasteiger partial charge is 0.442 e. The third-order valence-electron chi connectivity index (χ3n) is 4.86. The van der Waals surface area contributed by atoms with E-state index in [4.69, 9.17) is 16.3 Å². The van der Waals surface area contributed by atoms with E-state index in [9.17, 15) is 0 Å². The highest BCUT2D eigenvalue weighted by atomic mass is 79.9. The molecule has 0 aliphatic carbocycles. The highest BCUT2D eigenvalue weighted by molar-refractivity contribution is 9.10. The van der Waals surface area contributed by atoms with Crippen LogP contribution in [0.4, 0.5) is 5.69 Å². The van der Waals surface area contributed by atoms with Gasteiger partial charge < -0.3 is 9.64 Å². The van der Waals surface area contributed by atoms with E-state index in [1.54, 1.807) is 0 Å². The number of aromatic nitrogens is 1. The fraction of sp³-hybridized carbons (Fsp3) is 0.273. The van der Waals surface area contributed by atoms with Crippen LogP contribution in [0.1, 0.15) is 24.8 Å². The van der Waals surface area contributed by atoms with Gasteiger partial charge in [-0.25, -0.2) is 4.99 Å². The van der Waals surface area contributed by atoms with Crippen LogP contribution >= 0.6 is 39.1 Å². The third-order valence-corrected chi connectivity index (χ3v) is 6.88. The highest BCUT2D eigenvalue weighted by Gasteiger charge is 2.17. The number of nitrogens with zero attached hydrogens (tertiary/aromatic N) is 3. The lowest BCUT2D eigenvalue weighted by Gasteiger charge is -2.23. The smallest absolute Gasteiger partial charge is 0.215 e. The summed E-state index contributed by atoms with van der Waals surface area (Å²) in [5, 5.41) is 1.21. The van der Waals surface area contributed by atoms with E-state index in [1.807, 2.05) is 55.7 Å². The summed E-state index contributed by atoms with van der Waals surface area (Å²) in [7, 11) is 0. The Labute approximate surface area is 188 Å². The van der Waals surface area contributed by atoms with Crippen molar-refractivity contribution in [1.29, 1.82) is 0 Å². The van der Waals surface area contributed by atoms with Gasteiger partial charge in [0, 0.05) is 30.2 Å². The maximum Gasteiger partial charge on any atom is 0.215 e. The number of ether oxygens (including phenoxy) is 1. The Hall–Kier alpha value is -1.89. The van der Waals surface area contributed by atoms with Crippen molar-refractivity contribution in [3.8, 4) is 22.1 Å². The maximum absolute atomic E-state index is 6.51. The van der Waals surface area contributed by atoms with Crippen LogP contribution in [0, 0.1) is 6.92 Å². The fourth-order valence-electron chi connectivity index (χ4n) is 3.24. The highest BCUT2D eigenvalue weighted by Crippen LogP contribution is 2.43. The van der Waals surface area contributed by atoms with Gasteiger partial charge in [-0.3, -0.25) is 0 Å². The van der Waals surface area contributed by atoms with Gasteiger partial charge in [-0.1, -0.05) is 41.9 Å². The lowest BCUT2D eigenvalue weighted by Crippen LogP contribution is -2.28. The summed E-state index contributed by atoms with van der Waals surface area (Å²) in [6, 6.07) is 13.8. The summed E-state index contributed by atoms with van der Waals surface area (Å²) in [5.41, 5.74) is 3.78. The molecule has 2 heterocycles. The summed E-state index contributed by atoms with van der Waals surface area (Å²) in [5.74, 6) is 0.602. The summed E-state index contributed by atoms with van der Waals surface area (Å²) in [4.78, 5) is 6.91. The van der Waals surface area contributed by atoms with Crippen molar-refractivity contribution in [3.63, 3.8) is 0 Å². The molecule has 1 saturated heterocycles. The molecule has 0 spiro atoms. The Balaban J connectivity index is 1.53. The Morgan fingerprint density at radius 3 is 2.69 bits per heavy atom. The van der Waals surface area contributed by atoms with Crippen LogP contribution in [0.5, 0.6) is 10.8 Å². The lowest BCUT2D eigenvalue weighted by molar-refractivity contribution is 0.351. The van der Waals surface area contributed by atoms with Crippen LogP contribution in [0.2, 0.25) is 5.02 Å². The van der Waals surface area contributed by atoms with Gasteiger partial charge >= 0.3 is 0 Å². The molecule has 2 aromatic carbocycles. The molecule has 1 aliphatic heterocycles. The first-order valence-electron chi connectivity index (χ1n) is 9.58. The second kappa shape index (κ2) is 9.28. The molecular weight excluding hydrogens is 470 g/mol. The Bertz CT molecular complexity index is 1020. The molecule has 7 heteroatoms. The van der Waals surface area contributed by atoms with Crippen LogP contribution in [0.25, 0.3) is 11.3 Å². The molecule has 29 heavy (non-hydrogen) atoms. The number of hydrogen-bond donors (Lipinski definition) is 0. The van der Waals surface area contributed by atoms with Crippen LogP contribution in [-0.2, 0) is 0 Å². The zero-order valence-corrected chi connectivity index (χ0v) is 19.2. The molecule has 4 rings (SSSR count). The number of hydrogen-bond acceptors (Lipinski definition) is 4. The Morgan fingerprint density at radius 2 is 1.93 bits per heavy atom. The topological polar surface area (TPSA) is 37.7 Å². The molecular formula is C22H21BrClN3OS.